The Kier molecular flexibility index (Phi) is 6.61. The molecule has 2 heterocycles. The monoisotopic (exact) mass is 391 g/mol. The maximum atomic E-state index is 12.6. The Morgan fingerprint density at radius 1 is 1.04 bits per heavy atom. The molecule has 8 nitrogen and oxygen atoms in total. The van der Waals surface area contributed by atoms with Crippen LogP contribution in [0.15, 0.2) is 12.1 Å². The van der Waals surface area contributed by atoms with Crippen molar-refractivity contribution in [3.8, 4) is 17.2 Å². The Balaban J connectivity index is 1.62. The molecule has 2 amide bonds. The van der Waals surface area contributed by atoms with E-state index >= 15 is 0 Å². The lowest BCUT2D eigenvalue weighted by atomic mass is 10.1. The van der Waals surface area contributed by atoms with Crippen LogP contribution < -0.4 is 19.5 Å². The largest absolute Gasteiger partial charge is 0.493 e. The lowest BCUT2D eigenvalue weighted by Crippen LogP contribution is -2.44. The minimum absolute atomic E-state index is 0.0256. The number of nitrogens with zero attached hydrogens (tertiary/aromatic N) is 2. The number of nitrogens with one attached hydrogen (secondary N) is 1. The number of carbonyl (C=O) groups is 2. The molecule has 0 unspecified atom stereocenters. The first-order valence-corrected chi connectivity index (χ1v) is 9.67. The van der Waals surface area contributed by atoms with E-state index in [4.69, 9.17) is 14.2 Å². The maximum absolute atomic E-state index is 12.6. The topological polar surface area (TPSA) is 80.3 Å². The third-order valence-corrected chi connectivity index (χ3v) is 5.48. The van der Waals surface area contributed by atoms with E-state index in [1.54, 1.807) is 12.1 Å². The van der Waals surface area contributed by atoms with Crippen LogP contribution in [0, 0.1) is 0 Å². The molecule has 1 aromatic rings. The predicted molar refractivity (Wildman–Crippen MR) is 104 cm³/mol. The molecule has 154 valence electrons. The first-order valence-electron chi connectivity index (χ1n) is 9.67. The van der Waals surface area contributed by atoms with Crippen LogP contribution in [0.5, 0.6) is 17.2 Å². The van der Waals surface area contributed by atoms with E-state index in [-0.39, 0.29) is 18.4 Å². The zero-order valence-electron chi connectivity index (χ0n) is 16.8. The van der Waals surface area contributed by atoms with Gasteiger partial charge in [0.05, 0.1) is 27.9 Å². The summed E-state index contributed by atoms with van der Waals surface area (Å²) in [6.07, 6.45) is 3.31. The Morgan fingerprint density at radius 3 is 2.36 bits per heavy atom. The van der Waals surface area contributed by atoms with Gasteiger partial charge < -0.3 is 24.4 Å². The number of methoxy groups -OCH3 is 3. The summed E-state index contributed by atoms with van der Waals surface area (Å²) in [5, 5.41) is 2.72. The number of carbonyl (C=O) groups excluding carboxylic acids is 2. The van der Waals surface area contributed by atoms with E-state index in [0.717, 1.165) is 39.0 Å². The Labute approximate surface area is 165 Å². The molecule has 0 aliphatic carbocycles. The number of benzene rings is 1. The van der Waals surface area contributed by atoms with E-state index in [2.05, 4.69) is 10.2 Å². The van der Waals surface area contributed by atoms with Gasteiger partial charge in [-0.1, -0.05) is 0 Å². The molecule has 2 saturated heterocycles. The third kappa shape index (κ3) is 4.32. The molecule has 1 atom stereocenters. The van der Waals surface area contributed by atoms with Gasteiger partial charge in [-0.3, -0.25) is 14.5 Å². The summed E-state index contributed by atoms with van der Waals surface area (Å²) in [6, 6.07) is 3.60. The van der Waals surface area contributed by atoms with Crippen molar-refractivity contribution in [1.82, 2.24) is 15.1 Å². The average Bonchev–Trinajstić information content (AvgIpc) is 3.06. The van der Waals surface area contributed by atoms with Crippen LogP contribution in [0.3, 0.4) is 0 Å². The number of rotatable bonds is 6. The minimum Gasteiger partial charge on any atom is -0.493 e. The Bertz CT molecular complexity index is 699. The molecule has 0 bridgehead atoms. The molecule has 0 radical (unpaired) electrons. The quantitative estimate of drug-likeness (QED) is 0.783. The van der Waals surface area contributed by atoms with E-state index < -0.39 is 0 Å². The summed E-state index contributed by atoms with van der Waals surface area (Å²) in [7, 11) is 4.49. The van der Waals surface area contributed by atoms with Gasteiger partial charge in [0.25, 0.3) is 5.91 Å². The van der Waals surface area contributed by atoms with E-state index in [1.165, 1.54) is 27.8 Å². The van der Waals surface area contributed by atoms with Crippen LogP contribution >= 0.6 is 0 Å². The summed E-state index contributed by atoms with van der Waals surface area (Å²) in [4.78, 5) is 29.6. The second kappa shape index (κ2) is 9.14. The van der Waals surface area contributed by atoms with Gasteiger partial charge in [-0.15, -0.1) is 0 Å². The summed E-state index contributed by atoms with van der Waals surface area (Å²) in [6.45, 7) is 3.64. The molecule has 2 aliphatic rings. The van der Waals surface area contributed by atoms with Gasteiger partial charge in [0.15, 0.2) is 11.5 Å². The summed E-state index contributed by atoms with van der Waals surface area (Å²) in [5.74, 6) is 0.808. The van der Waals surface area contributed by atoms with Gasteiger partial charge in [-0.05, 0) is 37.9 Å². The highest BCUT2D eigenvalue weighted by Crippen LogP contribution is 2.38. The molecule has 28 heavy (non-hydrogen) atoms. The zero-order chi connectivity index (χ0) is 20.1. The summed E-state index contributed by atoms with van der Waals surface area (Å²) < 4.78 is 15.8. The molecule has 0 aromatic heterocycles. The van der Waals surface area contributed by atoms with Crippen LogP contribution in [0.1, 0.15) is 29.6 Å². The van der Waals surface area contributed by atoms with Crippen molar-refractivity contribution < 1.29 is 23.8 Å². The Morgan fingerprint density at radius 2 is 1.71 bits per heavy atom. The lowest BCUT2D eigenvalue weighted by molar-refractivity contribution is -0.130. The van der Waals surface area contributed by atoms with Crippen molar-refractivity contribution in [2.24, 2.45) is 0 Å². The van der Waals surface area contributed by atoms with Crippen LogP contribution in [0.4, 0.5) is 0 Å². The van der Waals surface area contributed by atoms with Gasteiger partial charge in [0.2, 0.25) is 11.7 Å². The maximum Gasteiger partial charge on any atom is 0.251 e. The van der Waals surface area contributed by atoms with Crippen molar-refractivity contribution in [3.63, 3.8) is 0 Å². The summed E-state index contributed by atoms with van der Waals surface area (Å²) >= 11 is 0. The van der Waals surface area contributed by atoms with Gasteiger partial charge in [0, 0.05) is 31.2 Å². The zero-order valence-corrected chi connectivity index (χ0v) is 16.8. The standard InChI is InChI=1S/C20H29N3O5/c1-26-16-10-14(11-17(27-2)19(16)28-3)20(25)21-12-18(24)23-9-5-8-22-7-4-6-15(22)13-23/h10-11,15H,4-9,12-13H2,1-3H3,(H,21,25)/t15-/m1/s1. The number of hydrogen-bond acceptors (Lipinski definition) is 6. The van der Waals surface area contributed by atoms with Crippen molar-refractivity contribution in [3.05, 3.63) is 17.7 Å². The smallest absolute Gasteiger partial charge is 0.251 e. The number of ether oxygens (including phenoxy) is 3. The van der Waals surface area contributed by atoms with Crippen molar-refractivity contribution in [1.29, 1.82) is 0 Å². The number of amides is 2. The van der Waals surface area contributed by atoms with Crippen molar-refractivity contribution in [2.75, 3.05) is 54.1 Å². The van der Waals surface area contributed by atoms with Crippen LogP contribution in [0.25, 0.3) is 0 Å². The van der Waals surface area contributed by atoms with Crippen LogP contribution in [0.2, 0.25) is 0 Å². The minimum atomic E-state index is -0.357. The second-order valence-corrected chi connectivity index (χ2v) is 7.12. The first-order chi connectivity index (χ1) is 13.6. The molecular weight excluding hydrogens is 362 g/mol. The number of fused-ring (bicyclic) bond motifs is 1. The first kappa shape index (κ1) is 20.3. The fourth-order valence-corrected chi connectivity index (χ4v) is 4.02. The van der Waals surface area contributed by atoms with Crippen molar-refractivity contribution >= 4 is 11.8 Å². The van der Waals surface area contributed by atoms with Crippen LogP contribution in [-0.2, 0) is 4.79 Å². The third-order valence-electron chi connectivity index (χ3n) is 5.48. The van der Waals surface area contributed by atoms with Gasteiger partial charge in [-0.2, -0.15) is 0 Å². The summed E-state index contributed by atoms with van der Waals surface area (Å²) in [5.41, 5.74) is 0.347. The fourth-order valence-electron chi connectivity index (χ4n) is 4.02. The molecule has 0 spiro atoms. The molecule has 2 fully saturated rings. The van der Waals surface area contributed by atoms with Gasteiger partial charge in [0.1, 0.15) is 0 Å². The highest BCUT2D eigenvalue weighted by Gasteiger charge is 2.30. The average molecular weight is 391 g/mol. The molecule has 0 saturated carbocycles. The van der Waals surface area contributed by atoms with E-state index in [1.807, 2.05) is 4.90 Å². The molecular formula is C20H29N3O5. The lowest BCUT2D eigenvalue weighted by Gasteiger charge is -2.25. The molecule has 2 aliphatic heterocycles. The second-order valence-electron chi connectivity index (χ2n) is 7.12. The number of hydrogen-bond donors (Lipinski definition) is 1. The SMILES string of the molecule is COc1cc(C(=O)NCC(=O)N2CCCN3CCC[C@@H]3C2)cc(OC)c1OC. The normalized spacial score (nSPS) is 19.5. The fraction of sp³-hybridized carbons (Fsp3) is 0.600. The molecule has 3 rings (SSSR count). The Hall–Kier alpha value is -2.48. The molecule has 1 N–H and O–H groups in total. The van der Waals surface area contributed by atoms with Gasteiger partial charge >= 0.3 is 0 Å². The van der Waals surface area contributed by atoms with E-state index in [9.17, 15) is 9.59 Å². The van der Waals surface area contributed by atoms with Crippen LogP contribution in [-0.4, -0.2) is 81.7 Å². The highest BCUT2D eigenvalue weighted by molar-refractivity contribution is 5.97. The predicted octanol–water partition coefficient (Wildman–Crippen LogP) is 1.14. The van der Waals surface area contributed by atoms with E-state index in [0.29, 0.717) is 28.9 Å². The van der Waals surface area contributed by atoms with Gasteiger partial charge in [-0.25, -0.2) is 0 Å². The highest BCUT2D eigenvalue weighted by atomic mass is 16.5. The van der Waals surface area contributed by atoms with Crippen molar-refractivity contribution in [2.45, 2.75) is 25.3 Å². The molecule has 8 heteroatoms. The molecule has 1 aromatic carbocycles.